The maximum atomic E-state index is 4.64. The summed E-state index contributed by atoms with van der Waals surface area (Å²) in [6.45, 7) is 4.45. The van der Waals surface area contributed by atoms with Gasteiger partial charge in [0.15, 0.2) is 5.82 Å². The van der Waals surface area contributed by atoms with Crippen LogP contribution in [-0.2, 0) is 26.3 Å². The predicted molar refractivity (Wildman–Crippen MR) is 75.8 cm³/mol. The molecule has 1 atom stereocenters. The van der Waals surface area contributed by atoms with Gasteiger partial charge in [-0.3, -0.25) is 9.67 Å². The van der Waals surface area contributed by atoms with Crippen LogP contribution in [0.25, 0.3) is 0 Å². The molecule has 102 valence electrons. The highest BCUT2D eigenvalue weighted by atomic mass is 15.3. The second kappa shape index (κ2) is 6.45. The lowest BCUT2D eigenvalue weighted by Crippen LogP contribution is -2.01. The van der Waals surface area contributed by atoms with Crippen LogP contribution in [0.15, 0.2) is 24.5 Å². The van der Waals surface area contributed by atoms with Gasteiger partial charge in [0.25, 0.3) is 0 Å². The topological polar surface area (TPSA) is 43.6 Å². The fourth-order valence-corrected chi connectivity index (χ4v) is 2.04. The monoisotopic (exact) mass is 258 g/mol. The lowest BCUT2D eigenvalue weighted by atomic mass is 10.1. The Balaban J connectivity index is 1.97. The number of rotatable bonds is 6. The first-order valence-electron chi connectivity index (χ1n) is 6.96. The van der Waals surface area contributed by atoms with Gasteiger partial charge < -0.3 is 0 Å². The summed E-state index contributed by atoms with van der Waals surface area (Å²) >= 11 is 0. The molecule has 0 amide bonds. The van der Waals surface area contributed by atoms with Gasteiger partial charge >= 0.3 is 0 Å². The van der Waals surface area contributed by atoms with E-state index in [1.54, 1.807) is 6.20 Å². The van der Waals surface area contributed by atoms with Gasteiger partial charge in [0.05, 0.1) is 0 Å². The average molecular weight is 258 g/mol. The van der Waals surface area contributed by atoms with Crippen LogP contribution in [0.5, 0.6) is 0 Å². The van der Waals surface area contributed by atoms with Crippen LogP contribution in [0.2, 0.25) is 0 Å². The Morgan fingerprint density at radius 2 is 2.16 bits per heavy atom. The standard InChI is InChI=1S/C15H22N4/c1-4-12(2)10-14-17-15(19(3)18-14)8-7-13-6-5-9-16-11-13/h5-6,9,11-12H,4,7-8,10H2,1-3H3. The Labute approximate surface area is 114 Å². The summed E-state index contributed by atoms with van der Waals surface area (Å²) in [6.07, 6.45) is 7.73. The zero-order chi connectivity index (χ0) is 13.7. The molecule has 2 aromatic rings. The number of nitrogens with zero attached hydrogens (tertiary/aromatic N) is 4. The Bertz CT molecular complexity index is 504. The normalized spacial score (nSPS) is 12.6. The summed E-state index contributed by atoms with van der Waals surface area (Å²) in [4.78, 5) is 8.78. The molecule has 4 heteroatoms. The minimum Gasteiger partial charge on any atom is -0.264 e. The minimum absolute atomic E-state index is 0.647. The highest BCUT2D eigenvalue weighted by Crippen LogP contribution is 2.10. The smallest absolute Gasteiger partial charge is 0.151 e. The van der Waals surface area contributed by atoms with Crippen molar-refractivity contribution in [2.75, 3.05) is 0 Å². The molecule has 0 fully saturated rings. The molecule has 0 saturated carbocycles. The number of hydrogen-bond donors (Lipinski definition) is 0. The molecule has 0 spiro atoms. The molecule has 0 radical (unpaired) electrons. The Hall–Kier alpha value is -1.71. The highest BCUT2D eigenvalue weighted by Gasteiger charge is 2.10. The quantitative estimate of drug-likeness (QED) is 0.800. The molecule has 4 nitrogen and oxygen atoms in total. The summed E-state index contributed by atoms with van der Waals surface area (Å²) < 4.78 is 1.91. The van der Waals surface area contributed by atoms with Crippen LogP contribution in [0.3, 0.4) is 0 Å². The Morgan fingerprint density at radius 3 is 2.84 bits per heavy atom. The van der Waals surface area contributed by atoms with Crippen molar-refractivity contribution in [3.63, 3.8) is 0 Å². The molecule has 0 aliphatic rings. The maximum Gasteiger partial charge on any atom is 0.151 e. The van der Waals surface area contributed by atoms with Gasteiger partial charge in [-0.2, -0.15) is 5.10 Å². The molecule has 2 rings (SSSR count). The molecule has 0 bridgehead atoms. The first kappa shape index (κ1) is 13.7. The van der Waals surface area contributed by atoms with Crippen molar-refractivity contribution in [2.45, 2.75) is 39.5 Å². The average Bonchev–Trinajstić information content (AvgIpc) is 2.77. The molecule has 0 aliphatic heterocycles. The molecule has 0 aliphatic carbocycles. The minimum atomic E-state index is 0.647. The summed E-state index contributed by atoms with van der Waals surface area (Å²) in [5.74, 6) is 2.67. The first-order chi connectivity index (χ1) is 9.19. The van der Waals surface area contributed by atoms with E-state index in [9.17, 15) is 0 Å². The third-order valence-corrected chi connectivity index (χ3v) is 3.49. The van der Waals surface area contributed by atoms with Gasteiger partial charge in [-0.05, 0) is 24.0 Å². The lowest BCUT2D eigenvalue weighted by Gasteiger charge is -2.02. The molecule has 0 N–H and O–H groups in total. The highest BCUT2D eigenvalue weighted by molar-refractivity contribution is 5.10. The second-order valence-electron chi connectivity index (χ2n) is 5.15. The van der Waals surface area contributed by atoms with E-state index in [1.807, 2.05) is 24.0 Å². The largest absolute Gasteiger partial charge is 0.264 e. The van der Waals surface area contributed by atoms with Crippen molar-refractivity contribution < 1.29 is 0 Å². The first-order valence-corrected chi connectivity index (χ1v) is 6.96. The van der Waals surface area contributed by atoms with E-state index >= 15 is 0 Å². The summed E-state index contributed by atoms with van der Waals surface area (Å²) in [6, 6.07) is 4.07. The third-order valence-electron chi connectivity index (χ3n) is 3.49. The fourth-order valence-electron chi connectivity index (χ4n) is 2.04. The Kier molecular flexibility index (Phi) is 4.66. The number of aryl methyl sites for hydroxylation is 3. The van der Waals surface area contributed by atoms with Gasteiger partial charge in [-0.15, -0.1) is 0 Å². The van der Waals surface area contributed by atoms with Gasteiger partial charge in [0.2, 0.25) is 0 Å². The summed E-state index contributed by atoms with van der Waals surface area (Å²) in [5.41, 5.74) is 1.24. The van der Waals surface area contributed by atoms with Crippen molar-refractivity contribution in [3.8, 4) is 0 Å². The van der Waals surface area contributed by atoms with Gasteiger partial charge in [0, 0.05) is 32.3 Å². The third kappa shape index (κ3) is 3.88. The lowest BCUT2D eigenvalue weighted by molar-refractivity contribution is 0.540. The SMILES string of the molecule is CCC(C)Cc1nc(CCc2cccnc2)n(C)n1. The fraction of sp³-hybridized carbons (Fsp3) is 0.533. The van der Waals surface area contributed by atoms with Gasteiger partial charge in [-0.25, -0.2) is 4.98 Å². The summed E-state index contributed by atoms with van der Waals surface area (Å²) in [5, 5.41) is 4.50. The summed E-state index contributed by atoms with van der Waals surface area (Å²) in [7, 11) is 1.98. The van der Waals surface area contributed by atoms with Crippen molar-refractivity contribution in [1.82, 2.24) is 19.7 Å². The number of pyridine rings is 1. The van der Waals surface area contributed by atoms with Crippen molar-refractivity contribution in [3.05, 3.63) is 41.7 Å². The van der Waals surface area contributed by atoms with E-state index in [4.69, 9.17) is 0 Å². The van der Waals surface area contributed by atoms with Crippen molar-refractivity contribution in [1.29, 1.82) is 0 Å². The van der Waals surface area contributed by atoms with Crippen molar-refractivity contribution >= 4 is 0 Å². The molecule has 2 aromatic heterocycles. The number of hydrogen-bond acceptors (Lipinski definition) is 3. The molecule has 2 heterocycles. The predicted octanol–water partition coefficient (Wildman–Crippen LogP) is 2.58. The van der Waals surface area contributed by atoms with Crippen LogP contribution >= 0.6 is 0 Å². The zero-order valence-electron chi connectivity index (χ0n) is 12.0. The van der Waals surface area contributed by atoms with Crippen LogP contribution in [0.4, 0.5) is 0 Å². The zero-order valence-corrected chi connectivity index (χ0v) is 12.0. The van der Waals surface area contributed by atoms with E-state index in [0.717, 1.165) is 30.9 Å². The van der Waals surface area contributed by atoms with E-state index in [1.165, 1.54) is 12.0 Å². The van der Waals surface area contributed by atoms with Crippen molar-refractivity contribution in [2.24, 2.45) is 13.0 Å². The molecule has 19 heavy (non-hydrogen) atoms. The maximum absolute atomic E-state index is 4.64. The molecule has 0 saturated heterocycles. The van der Waals surface area contributed by atoms with E-state index in [0.29, 0.717) is 5.92 Å². The van der Waals surface area contributed by atoms with Crippen LogP contribution < -0.4 is 0 Å². The molecular weight excluding hydrogens is 236 g/mol. The Morgan fingerprint density at radius 1 is 1.32 bits per heavy atom. The number of aromatic nitrogens is 4. The van der Waals surface area contributed by atoms with Crippen LogP contribution in [0, 0.1) is 5.92 Å². The van der Waals surface area contributed by atoms with E-state index in [2.05, 4.69) is 35.0 Å². The van der Waals surface area contributed by atoms with E-state index < -0.39 is 0 Å². The van der Waals surface area contributed by atoms with Gasteiger partial charge in [-0.1, -0.05) is 26.3 Å². The van der Waals surface area contributed by atoms with Crippen LogP contribution in [0.1, 0.15) is 37.5 Å². The molecule has 0 aromatic carbocycles. The second-order valence-corrected chi connectivity index (χ2v) is 5.15. The van der Waals surface area contributed by atoms with E-state index in [-0.39, 0.29) is 0 Å². The van der Waals surface area contributed by atoms with Gasteiger partial charge in [0.1, 0.15) is 5.82 Å². The van der Waals surface area contributed by atoms with Crippen LogP contribution in [-0.4, -0.2) is 19.7 Å². The molecular formula is C15H22N4. The molecule has 1 unspecified atom stereocenters.